The van der Waals surface area contributed by atoms with Gasteiger partial charge < -0.3 is 19.4 Å². The lowest BCUT2D eigenvalue weighted by Gasteiger charge is -2.11. The molecule has 0 aliphatic rings. The third-order valence-electron chi connectivity index (χ3n) is 4.20. The molecule has 3 aromatic rings. The van der Waals surface area contributed by atoms with Crippen LogP contribution in [0.4, 0.5) is 5.69 Å². The van der Waals surface area contributed by atoms with E-state index in [-0.39, 0.29) is 28.3 Å². The molecule has 0 saturated heterocycles. The number of aromatic nitrogens is 3. The summed E-state index contributed by atoms with van der Waals surface area (Å²) in [5.41, 5.74) is 1.39. The average Bonchev–Trinajstić information content (AvgIpc) is 3.07. The Balaban J connectivity index is 1.59. The highest BCUT2D eigenvalue weighted by Crippen LogP contribution is 2.34. The SMILES string of the molecule is COc1cc(C)ccc1OCc1nnc(SCC(=O)Nc2c(Cl)cc(Cl)cc2Cl)n1C. The van der Waals surface area contributed by atoms with Gasteiger partial charge in [0.05, 0.1) is 28.6 Å². The molecule has 2 aromatic carbocycles. The van der Waals surface area contributed by atoms with Crippen LogP contribution in [-0.4, -0.2) is 33.5 Å². The summed E-state index contributed by atoms with van der Waals surface area (Å²) < 4.78 is 12.9. The molecule has 11 heteroatoms. The Morgan fingerprint density at radius 2 is 1.84 bits per heavy atom. The molecule has 0 unspecified atom stereocenters. The predicted molar refractivity (Wildman–Crippen MR) is 124 cm³/mol. The Morgan fingerprint density at radius 1 is 1.13 bits per heavy atom. The number of rotatable bonds is 8. The van der Waals surface area contributed by atoms with Gasteiger partial charge in [-0.25, -0.2) is 0 Å². The smallest absolute Gasteiger partial charge is 0.234 e. The van der Waals surface area contributed by atoms with Crippen LogP contribution in [0.25, 0.3) is 0 Å². The lowest BCUT2D eigenvalue weighted by Crippen LogP contribution is -2.15. The van der Waals surface area contributed by atoms with Gasteiger partial charge in [-0.2, -0.15) is 0 Å². The third kappa shape index (κ3) is 5.98. The lowest BCUT2D eigenvalue weighted by atomic mass is 10.2. The molecule has 1 amide bonds. The van der Waals surface area contributed by atoms with Crippen molar-refractivity contribution in [2.24, 2.45) is 7.05 Å². The fourth-order valence-electron chi connectivity index (χ4n) is 2.60. The first-order valence-corrected chi connectivity index (χ1v) is 11.1. The zero-order valence-corrected chi connectivity index (χ0v) is 20.0. The Hall–Kier alpha value is -2.13. The van der Waals surface area contributed by atoms with Gasteiger partial charge in [0, 0.05) is 12.1 Å². The van der Waals surface area contributed by atoms with Crippen molar-refractivity contribution in [1.82, 2.24) is 14.8 Å². The number of ether oxygens (including phenoxy) is 2. The van der Waals surface area contributed by atoms with Crippen molar-refractivity contribution in [3.8, 4) is 11.5 Å². The van der Waals surface area contributed by atoms with Crippen LogP contribution in [0.5, 0.6) is 11.5 Å². The van der Waals surface area contributed by atoms with Crippen LogP contribution in [0.2, 0.25) is 15.1 Å². The number of carbonyl (C=O) groups is 1. The molecule has 0 fully saturated rings. The van der Waals surface area contributed by atoms with E-state index >= 15 is 0 Å². The first-order chi connectivity index (χ1) is 14.8. The molecular formula is C20H19Cl3N4O3S. The van der Waals surface area contributed by atoms with E-state index in [1.54, 1.807) is 18.7 Å². The number of methoxy groups -OCH3 is 1. The van der Waals surface area contributed by atoms with E-state index in [1.165, 1.54) is 23.9 Å². The first kappa shape index (κ1) is 23.5. The van der Waals surface area contributed by atoms with Gasteiger partial charge in [-0.1, -0.05) is 52.6 Å². The first-order valence-electron chi connectivity index (χ1n) is 9.01. The van der Waals surface area contributed by atoms with E-state index in [2.05, 4.69) is 15.5 Å². The molecule has 1 N–H and O–H groups in total. The second-order valence-corrected chi connectivity index (χ2v) is 8.68. The Kier molecular flexibility index (Phi) is 7.94. The number of halogens is 3. The molecule has 0 atom stereocenters. The van der Waals surface area contributed by atoms with Crippen LogP contribution >= 0.6 is 46.6 Å². The van der Waals surface area contributed by atoms with Gasteiger partial charge in [0.1, 0.15) is 6.61 Å². The predicted octanol–water partition coefficient (Wildman–Crippen LogP) is 5.40. The van der Waals surface area contributed by atoms with Gasteiger partial charge in [0.2, 0.25) is 5.91 Å². The zero-order chi connectivity index (χ0) is 22.5. The van der Waals surface area contributed by atoms with Crippen molar-refractivity contribution in [3.05, 3.63) is 56.8 Å². The van der Waals surface area contributed by atoms with Crippen molar-refractivity contribution in [3.63, 3.8) is 0 Å². The number of benzene rings is 2. The summed E-state index contributed by atoms with van der Waals surface area (Å²) in [4.78, 5) is 12.3. The molecule has 0 radical (unpaired) electrons. The molecule has 7 nitrogen and oxygen atoms in total. The van der Waals surface area contributed by atoms with E-state index in [4.69, 9.17) is 44.3 Å². The number of anilines is 1. The summed E-state index contributed by atoms with van der Waals surface area (Å²) in [6, 6.07) is 8.70. The molecule has 0 aliphatic carbocycles. The number of thioether (sulfide) groups is 1. The molecule has 1 heterocycles. The molecular weight excluding hydrogens is 483 g/mol. The lowest BCUT2D eigenvalue weighted by molar-refractivity contribution is -0.113. The summed E-state index contributed by atoms with van der Waals surface area (Å²) in [5, 5.41) is 12.4. The molecule has 31 heavy (non-hydrogen) atoms. The van der Waals surface area contributed by atoms with Crippen molar-refractivity contribution >= 4 is 58.2 Å². The van der Waals surface area contributed by atoms with Gasteiger partial charge in [0.25, 0.3) is 0 Å². The second kappa shape index (κ2) is 10.5. The van der Waals surface area contributed by atoms with E-state index in [9.17, 15) is 4.79 Å². The highest BCUT2D eigenvalue weighted by atomic mass is 35.5. The summed E-state index contributed by atoms with van der Waals surface area (Å²) in [5.74, 6) is 1.67. The van der Waals surface area contributed by atoms with Crippen molar-refractivity contribution < 1.29 is 14.3 Å². The number of hydrogen-bond acceptors (Lipinski definition) is 6. The van der Waals surface area contributed by atoms with Gasteiger partial charge in [-0.15, -0.1) is 10.2 Å². The maximum atomic E-state index is 12.3. The minimum atomic E-state index is -0.290. The fourth-order valence-corrected chi connectivity index (χ4v) is 4.24. The number of amides is 1. The number of carbonyl (C=O) groups excluding carboxylic acids is 1. The Labute approximate surface area is 199 Å². The summed E-state index contributed by atoms with van der Waals surface area (Å²) in [6.07, 6.45) is 0. The highest BCUT2D eigenvalue weighted by Gasteiger charge is 2.15. The highest BCUT2D eigenvalue weighted by molar-refractivity contribution is 7.99. The van der Waals surface area contributed by atoms with Gasteiger partial charge in [0.15, 0.2) is 22.5 Å². The van der Waals surface area contributed by atoms with Crippen LogP contribution < -0.4 is 14.8 Å². The van der Waals surface area contributed by atoms with Crippen molar-refractivity contribution in [2.75, 3.05) is 18.2 Å². The molecule has 0 saturated carbocycles. The Bertz CT molecular complexity index is 1080. The van der Waals surface area contributed by atoms with E-state index < -0.39 is 0 Å². The minimum absolute atomic E-state index is 0.0912. The third-order valence-corrected chi connectivity index (χ3v) is 6.04. The average molecular weight is 502 g/mol. The number of nitrogens with zero attached hydrogens (tertiary/aromatic N) is 3. The molecule has 0 aliphatic heterocycles. The molecule has 0 bridgehead atoms. The van der Waals surface area contributed by atoms with Gasteiger partial charge in [-0.05, 0) is 36.8 Å². The second-order valence-electron chi connectivity index (χ2n) is 6.48. The summed E-state index contributed by atoms with van der Waals surface area (Å²) in [6.45, 7) is 2.18. The van der Waals surface area contributed by atoms with Crippen molar-refractivity contribution in [1.29, 1.82) is 0 Å². The van der Waals surface area contributed by atoms with Crippen LogP contribution in [0.15, 0.2) is 35.5 Å². The maximum absolute atomic E-state index is 12.3. The van der Waals surface area contributed by atoms with E-state index in [0.29, 0.717) is 33.2 Å². The van der Waals surface area contributed by atoms with Crippen LogP contribution in [0.3, 0.4) is 0 Å². The van der Waals surface area contributed by atoms with Gasteiger partial charge in [-0.3, -0.25) is 4.79 Å². The molecule has 1 aromatic heterocycles. The quantitative estimate of drug-likeness (QED) is 0.416. The standard InChI is InChI=1S/C20H19Cl3N4O3S/c1-11-4-5-15(16(6-11)29-3)30-9-17-25-26-20(27(17)2)31-10-18(28)24-19-13(22)7-12(21)8-14(19)23/h4-8H,9-10H2,1-3H3,(H,24,28). The zero-order valence-electron chi connectivity index (χ0n) is 16.9. The minimum Gasteiger partial charge on any atom is -0.493 e. The van der Waals surface area contributed by atoms with Crippen molar-refractivity contribution in [2.45, 2.75) is 18.7 Å². The van der Waals surface area contributed by atoms with E-state index in [0.717, 1.165) is 5.56 Å². The van der Waals surface area contributed by atoms with Crippen LogP contribution in [-0.2, 0) is 18.4 Å². The normalized spacial score (nSPS) is 10.8. The molecule has 3 rings (SSSR count). The fraction of sp³-hybridized carbons (Fsp3) is 0.250. The largest absolute Gasteiger partial charge is 0.493 e. The molecule has 164 valence electrons. The van der Waals surface area contributed by atoms with E-state index in [1.807, 2.05) is 25.1 Å². The molecule has 0 spiro atoms. The monoisotopic (exact) mass is 500 g/mol. The number of nitrogens with one attached hydrogen (secondary N) is 1. The topological polar surface area (TPSA) is 78.3 Å². The maximum Gasteiger partial charge on any atom is 0.234 e. The van der Waals surface area contributed by atoms with Gasteiger partial charge >= 0.3 is 0 Å². The number of aryl methyl sites for hydroxylation is 1. The Morgan fingerprint density at radius 3 is 2.52 bits per heavy atom. The van der Waals surface area contributed by atoms with Crippen LogP contribution in [0.1, 0.15) is 11.4 Å². The summed E-state index contributed by atoms with van der Waals surface area (Å²) >= 11 is 19.3. The summed E-state index contributed by atoms with van der Waals surface area (Å²) in [7, 11) is 3.40. The van der Waals surface area contributed by atoms with Crippen LogP contribution in [0, 0.1) is 6.92 Å². The number of hydrogen-bond donors (Lipinski definition) is 1.